The van der Waals surface area contributed by atoms with Gasteiger partial charge in [-0.1, -0.05) is 29.8 Å². The summed E-state index contributed by atoms with van der Waals surface area (Å²) in [6, 6.07) is 20.5. The maximum Gasteiger partial charge on any atom is 0.258 e. The molecule has 0 spiro atoms. The Balaban J connectivity index is 1.56. The monoisotopic (exact) mass is 472 g/mol. The fourth-order valence-corrected chi connectivity index (χ4v) is 5.08. The average Bonchev–Trinajstić information content (AvgIpc) is 3.20. The predicted molar refractivity (Wildman–Crippen MR) is 135 cm³/mol. The van der Waals surface area contributed by atoms with Gasteiger partial charge in [-0.05, 0) is 67.4 Å². The van der Waals surface area contributed by atoms with Gasteiger partial charge < -0.3 is 9.80 Å². The number of para-hydroxylation sites is 1. The summed E-state index contributed by atoms with van der Waals surface area (Å²) in [5.41, 5.74) is 4.14. The highest BCUT2D eigenvalue weighted by atomic mass is 35.5. The molecule has 6 nitrogen and oxygen atoms in total. The number of carbonyl (C=O) groups is 2. The highest BCUT2D eigenvalue weighted by molar-refractivity contribution is 6.30. The normalized spacial score (nSPS) is 17.5. The summed E-state index contributed by atoms with van der Waals surface area (Å²) in [6.07, 6.45) is 2.38. The van der Waals surface area contributed by atoms with Crippen LogP contribution in [0.5, 0.6) is 0 Å². The molecular weight excluding hydrogens is 448 g/mol. The van der Waals surface area contributed by atoms with Crippen molar-refractivity contribution in [3.63, 3.8) is 0 Å². The maximum absolute atomic E-state index is 13.7. The molecule has 0 aliphatic carbocycles. The van der Waals surface area contributed by atoms with Crippen LogP contribution in [0.2, 0.25) is 5.02 Å². The lowest BCUT2D eigenvalue weighted by atomic mass is 9.89. The van der Waals surface area contributed by atoms with Gasteiger partial charge in [-0.3, -0.25) is 14.3 Å². The number of hydrogen-bond acceptors (Lipinski definition) is 3. The van der Waals surface area contributed by atoms with Crippen molar-refractivity contribution in [3.05, 3.63) is 89.1 Å². The van der Waals surface area contributed by atoms with Gasteiger partial charge in [-0.15, -0.1) is 0 Å². The van der Waals surface area contributed by atoms with Crippen LogP contribution in [-0.2, 0) is 11.8 Å². The van der Waals surface area contributed by atoms with E-state index < -0.39 is 0 Å². The lowest BCUT2D eigenvalue weighted by molar-refractivity contribution is -0.117. The summed E-state index contributed by atoms with van der Waals surface area (Å²) in [4.78, 5) is 30.2. The van der Waals surface area contributed by atoms with Gasteiger partial charge in [0.1, 0.15) is 0 Å². The van der Waals surface area contributed by atoms with Crippen molar-refractivity contribution in [3.8, 4) is 0 Å². The van der Waals surface area contributed by atoms with E-state index in [0.29, 0.717) is 17.0 Å². The van der Waals surface area contributed by atoms with Crippen LogP contribution >= 0.6 is 11.6 Å². The number of anilines is 2. The fraction of sp³-hybridized carbons (Fsp3) is 0.222. The first-order valence-electron chi connectivity index (χ1n) is 11.2. The zero-order valence-corrected chi connectivity index (χ0v) is 20.0. The smallest absolute Gasteiger partial charge is 0.258 e. The van der Waals surface area contributed by atoms with Crippen molar-refractivity contribution in [2.24, 2.45) is 7.05 Å². The van der Waals surface area contributed by atoms with Crippen LogP contribution < -0.4 is 9.80 Å². The summed E-state index contributed by atoms with van der Waals surface area (Å²) < 4.78 is 1.79. The largest absolute Gasteiger partial charge is 0.305 e. The van der Waals surface area contributed by atoms with Gasteiger partial charge in [0.15, 0.2) is 0 Å². The van der Waals surface area contributed by atoms with E-state index >= 15 is 0 Å². The van der Waals surface area contributed by atoms with Gasteiger partial charge >= 0.3 is 0 Å². The summed E-state index contributed by atoms with van der Waals surface area (Å²) in [5.74, 6) is -0.124. The van der Waals surface area contributed by atoms with Crippen LogP contribution in [-0.4, -0.2) is 27.6 Å². The number of hydrogen-bond donors (Lipinski definition) is 0. The Bertz CT molecular complexity index is 1400. The highest BCUT2D eigenvalue weighted by Crippen LogP contribution is 2.43. The predicted octanol–water partition coefficient (Wildman–Crippen LogP) is 5.76. The van der Waals surface area contributed by atoms with Crippen LogP contribution in [0.3, 0.4) is 0 Å². The Kier molecular flexibility index (Phi) is 5.62. The summed E-state index contributed by atoms with van der Waals surface area (Å²) in [6.45, 7) is 3.60. The van der Waals surface area contributed by atoms with Crippen molar-refractivity contribution < 1.29 is 9.59 Å². The average molecular weight is 473 g/mol. The minimum atomic E-state index is -0.199. The van der Waals surface area contributed by atoms with Crippen molar-refractivity contribution in [1.29, 1.82) is 0 Å². The summed E-state index contributed by atoms with van der Waals surface area (Å²) in [7, 11) is 1.88. The molecule has 0 saturated carbocycles. The Hall–Kier alpha value is -3.64. The second kappa shape index (κ2) is 8.61. The standard InChI is InChI=1S/C27H25ClN4O2/c1-17-14-26(32(18(2)33)22-11-9-21(28)10-12-22)23-6-4-5-7-25(23)31(17)27(34)19-8-13-24-20(15-19)16-29-30(24)3/h4-13,15-17,26H,14H2,1-3H3/t17-,26+/m0/s1. The van der Waals surface area contributed by atoms with Crippen LogP contribution in [0, 0.1) is 0 Å². The second-order valence-corrected chi connectivity index (χ2v) is 9.18. The summed E-state index contributed by atoms with van der Waals surface area (Å²) in [5, 5.41) is 5.83. The van der Waals surface area contributed by atoms with Crippen LogP contribution in [0.25, 0.3) is 10.9 Å². The Morgan fingerprint density at radius 2 is 1.79 bits per heavy atom. The molecule has 1 aliphatic heterocycles. The third-order valence-electron chi connectivity index (χ3n) is 6.53. The summed E-state index contributed by atoms with van der Waals surface area (Å²) >= 11 is 6.08. The number of amides is 2. The molecule has 1 aromatic heterocycles. The molecule has 4 aromatic rings. The molecule has 2 atom stereocenters. The molecule has 0 N–H and O–H groups in total. The Morgan fingerprint density at radius 3 is 2.53 bits per heavy atom. The van der Waals surface area contributed by atoms with Gasteiger partial charge in [0, 0.05) is 47.4 Å². The fourth-order valence-electron chi connectivity index (χ4n) is 4.95. The highest BCUT2D eigenvalue weighted by Gasteiger charge is 2.38. The number of nitrogens with zero attached hydrogens (tertiary/aromatic N) is 4. The molecule has 0 fully saturated rings. The van der Waals surface area contributed by atoms with E-state index in [1.165, 1.54) is 0 Å². The van der Waals surface area contributed by atoms with E-state index in [-0.39, 0.29) is 23.9 Å². The van der Waals surface area contributed by atoms with E-state index in [9.17, 15) is 9.59 Å². The van der Waals surface area contributed by atoms with E-state index in [0.717, 1.165) is 27.8 Å². The molecule has 0 saturated heterocycles. The lowest BCUT2D eigenvalue weighted by Crippen LogP contribution is -2.47. The lowest BCUT2D eigenvalue weighted by Gasteiger charge is -2.43. The molecule has 3 aromatic carbocycles. The molecule has 0 bridgehead atoms. The van der Waals surface area contributed by atoms with E-state index in [1.807, 2.05) is 73.5 Å². The molecule has 2 amide bonds. The number of carbonyl (C=O) groups excluding carboxylic acids is 2. The van der Waals surface area contributed by atoms with E-state index in [4.69, 9.17) is 11.6 Å². The van der Waals surface area contributed by atoms with Gasteiger partial charge in [0.2, 0.25) is 5.91 Å². The number of fused-ring (bicyclic) bond motifs is 2. The van der Waals surface area contributed by atoms with Gasteiger partial charge in [-0.2, -0.15) is 5.10 Å². The number of aryl methyl sites for hydroxylation is 1. The van der Waals surface area contributed by atoms with Gasteiger partial charge in [-0.25, -0.2) is 0 Å². The van der Waals surface area contributed by atoms with Gasteiger partial charge in [0.05, 0.1) is 17.8 Å². The molecule has 0 radical (unpaired) electrons. The van der Waals surface area contributed by atoms with Gasteiger partial charge in [0.25, 0.3) is 5.91 Å². The van der Waals surface area contributed by atoms with Crippen molar-refractivity contribution in [1.82, 2.24) is 9.78 Å². The number of rotatable bonds is 3. The van der Waals surface area contributed by atoms with E-state index in [1.54, 1.807) is 34.8 Å². The zero-order chi connectivity index (χ0) is 24.0. The molecule has 1 aliphatic rings. The minimum Gasteiger partial charge on any atom is -0.305 e. The molecule has 34 heavy (non-hydrogen) atoms. The van der Waals surface area contributed by atoms with Crippen molar-refractivity contribution in [2.45, 2.75) is 32.4 Å². The van der Waals surface area contributed by atoms with Crippen LogP contribution in [0.15, 0.2) is 72.9 Å². The molecule has 2 heterocycles. The molecule has 5 rings (SSSR count). The molecule has 0 unspecified atom stereocenters. The van der Waals surface area contributed by atoms with Crippen molar-refractivity contribution >= 4 is 45.7 Å². The van der Waals surface area contributed by atoms with Crippen LogP contribution in [0.1, 0.15) is 42.2 Å². The maximum atomic E-state index is 13.7. The Labute approximate surface area is 203 Å². The number of halogens is 1. The molecule has 7 heteroatoms. The minimum absolute atomic E-state index is 0.0591. The third kappa shape index (κ3) is 3.74. The SMILES string of the molecule is CC(=O)N(c1ccc(Cl)cc1)[C@@H]1C[C@H](C)N(C(=O)c2ccc3c(cnn3C)c2)c2ccccc21. The topological polar surface area (TPSA) is 58.4 Å². The first kappa shape index (κ1) is 22.2. The number of aromatic nitrogens is 2. The first-order chi connectivity index (χ1) is 16.3. The van der Waals surface area contributed by atoms with E-state index in [2.05, 4.69) is 5.10 Å². The zero-order valence-electron chi connectivity index (χ0n) is 19.3. The first-order valence-corrected chi connectivity index (χ1v) is 11.6. The quantitative estimate of drug-likeness (QED) is 0.381. The second-order valence-electron chi connectivity index (χ2n) is 8.74. The number of benzene rings is 3. The van der Waals surface area contributed by atoms with Crippen LogP contribution in [0.4, 0.5) is 11.4 Å². The Morgan fingerprint density at radius 1 is 1.06 bits per heavy atom. The third-order valence-corrected chi connectivity index (χ3v) is 6.78. The molecule has 172 valence electrons. The molecular formula is C27H25ClN4O2. The van der Waals surface area contributed by atoms with Crippen molar-refractivity contribution in [2.75, 3.05) is 9.80 Å².